The topological polar surface area (TPSA) is 36.8 Å². The fraction of sp³-hybridized carbons (Fsp3) is 0.125. The SMILES string of the molecule is Cc1cc(C)cc(C2=C(N3CN(c4cccc(Oc5ccc6c7ccccc7n(-c7cc(C(C)(C)C)ccn7)c6c5)c4)c4ccccc43)C(c3ccccc3)=CB3C=CC=CN32)c1. The predicted molar refractivity (Wildman–Crippen MR) is 263 cm³/mol. The fourth-order valence-electron chi connectivity index (χ4n) is 9.64. The lowest BCUT2D eigenvalue weighted by Crippen LogP contribution is -2.40. The van der Waals surface area contributed by atoms with E-state index in [1.54, 1.807) is 0 Å². The van der Waals surface area contributed by atoms with Crippen LogP contribution in [0.4, 0.5) is 17.1 Å². The summed E-state index contributed by atoms with van der Waals surface area (Å²) >= 11 is 0. The summed E-state index contributed by atoms with van der Waals surface area (Å²) in [5.74, 6) is 7.14. The third-order valence-electron chi connectivity index (χ3n) is 12.5. The highest BCUT2D eigenvalue weighted by Gasteiger charge is 2.38. The summed E-state index contributed by atoms with van der Waals surface area (Å²) in [6, 6.07) is 54.3. The van der Waals surface area contributed by atoms with Gasteiger partial charge in [-0.05, 0) is 121 Å². The van der Waals surface area contributed by atoms with Crippen molar-refractivity contribution in [3.8, 4) is 17.3 Å². The summed E-state index contributed by atoms with van der Waals surface area (Å²) in [6.45, 7) is 11.8. The van der Waals surface area contributed by atoms with Gasteiger partial charge in [0, 0.05) is 34.8 Å². The van der Waals surface area contributed by atoms with Crippen LogP contribution in [-0.4, -0.2) is 27.9 Å². The Morgan fingerprint density at radius 1 is 0.603 bits per heavy atom. The number of aromatic nitrogens is 2. The van der Waals surface area contributed by atoms with E-state index in [-0.39, 0.29) is 12.3 Å². The van der Waals surface area contributed by atoms with Crippen LogP contribution in [0.2, 0.25) is 0 Å². The van der Waals surface area contributed by atoms with Crippen molar-refractivity contribution in [1.82, 2.24) is 14.4 Å². The van der Waals surface area contributed by atoms with Gasteiger partial charge in [-0.2, -0.15) is 0 Å². The van der Waals surface area contributed by atoms with E-state index >= 15 is 0 Å². The smallest absolute Gasteiger partial charge is 0.313 e. The van der Waals surface area contributed by atoms with E-state index in [0.29, 0.717) is 6.67 Å². The molecular formula is C56H48BN5O. The van der Waals surface area contributed by atoms with Gasteiger partial charge in [-0.3, -0.25) is 4.57 Å². The van der Waals surface area contributed by atoms with Crippen LogP contribution in [0.25, 0.3) is 38.9 Å². The van der Waals surface area contributed by atoms with E-state index in [2.05, 4.69) is 230 Å². The summed E-state index contributed by atoms with van der Waals surface area (Å²) in [4.78, 5) is 12.2. The van der Waals surface area contributed by atoms with Crippen LogP contribution in [0.5, 0.6) is 11.5 Å². The molecule has 11 rings (SSSR count). The van der Waals surface area contributed by atoms with Crippen molar-refractivity contribution < 1.29 is 4.74 Å². The van der Waals surface area contributed by atoms with Gasteiger partial charge in [-0.15, -0.1) is 0 Å². The highest BCUT2D eigenvalue weighted by molar-refractivity contribution is 6.70. The standard InChI is InChI=1S/C56H48BN5O/c1-38-30-39(2)32-41(31-38)54-55(48(40-16-7-6-8-17-40)36-57-27-13-14-29-61(54)57)60-37-59(50-22-11-12-23-51(50)60)43-18-15-19-44(34-43)63-45-24-25-47-46-20-9-10-21-49(46)62(52(47)35-45)53-33-42(26-28-58-53)56(3,4)5/h6-36H,37H2,1-5H3. The molecule has 0 unspecified atom stereocenters. The van der Waals surface area contributed by atoms with Gasteiger partial charge in [0.2, 0.25) is 0 Å². The first-order valence-corrected chi connectivity index (χ1v) is 21.8. The molecule has 0 amide bonds. The monoisotopic (exact) mass is 817 g/mol. The lowest BCUT2D eigenvalue weighted by molar-refractivity contribution is 0.483. The number of rotatable bonds is 7. The maximum Gasteiger partial charge on any atom is 0.313 e. The second-order valence-electron chi connectivity index (χ2n) is 17.9. The number of anilines is 3. The largest absolute Gasteiger partial charge is 0.457 e. The lowest BCUT2D eigenvalue weighted by Gasteiger charge is -2.40. The highest BCUT2D eigenvalue weighted by Crippen LogP contribution is 2.49. The molecule has 63 heavy (non-hydrogen) atoms. The Balaban J connectivity index is 0.999. The van der Waals surface area contributed by atoms with Crippen LogP contribution >= 0.6 is 0 Å². The summed E-state index contributed by atoms with van der Waals surface area (Å²) in [5, 5.41) is 2.34. The Morgan fingerprint density at radius 3 is 2.14 bits per heavy atom. The minimum Gasteiger partial charge on any atom is -0.457 e. The molecule has 2 aromatic heterocycles. The van der Waals surface area contributed by atoms with E-state index in [4.69, 9.17) is 9.72 Å². The van der Waals surface area contributed by atoms with Crippen LogP contribution in [-0.2, 0) is 5.41 Å². The number of fused-ring (bicyclic) bond motifs is 5. The molecule has 8 aromatic rings. The van der Waals surface area contributed by atoms with E-state index in [1.807, 2.05) is 12.3 Å². The number of para-hydroxylation sites is 3. The predicted octanol–water partition coefficient (Wildman–Crippen LogP) is 13.7. The molecule has 6 nitrogen and oxygen atoms in total. The lowest BCUT2D eigenvalue weighted by atomic mass is 9.55. The van der Waals surface area contributed by atoms with Crippen LogP contribution in [0, 0.1) is 13.8 Å². The van der Waals surface area contributed by atoms with Gasteiger partial charge >= 0.3 is 6.85 Å². The first-order valence-electron chi connectivity index (χ1n) is 21.8. The van der Waals surface area contributed by atoms with Gasteiger partial charge in [-0.1, -0.05) is 123 Å². The van der Waals surface area contributed by atoms with Crippen molar-refractivity contribution in [1.29, 1.82) is 0 Å². The number of benzene rings is 6. The number of nitrogens with zero attached hydrogens (tertiary/aromatic N) is 5. The molecule has 306 valence electrons. The van der Waals surface area contributed by atoms with Gasteiger partial charge in [-0.25, -0.2) is 4.98 Å². The maximum atomic E-state index is 6.80. The average molecular weight is 818 g/mol. The third-order valence-corrected chi connectivity index (χ3v) is 12.5. The summed E-state index contributed by atoms with van der Waals surface area (Å²) < 4.78 is 9.07. The van der Waals surface area contributed by atoms with Crippen molar-refractivity contribution in [2.45, 2.75) is 40.0 Å². The van der Waals surface area contributed by atoms with Crippen molar-refractivity contribution in [3.05, 3.63) is 222 Å². The van der Waals surface area contributed by atoms with Gasteiger partial charge < -0.3 is 19.3 Å². The minimum absolute atomic E-state index is 0.00931. The molecule has 0 N–H and O–H groups in total. The average Bonchev–Trinajstić information content (AvgIpc) is 3.84. The summed E-state index contributed by atoms with van der Waals surface area (Å²) in [5.41, 5.74) is 15.2. The normalized spacial score (nSPS) is 14.8. The van der Waals surface area contributed by atoms with Gasteiger partial charge in [0.15, 0.2) is 0 Å². The Bertz CT molecular complexity index is 3200. The third kappa shape index (κ3) is 6.81. The molecule has 3 aliphatic heterocycles. The molecule has 0 saturated carbocycles. The van der Waals surface area contributed by atoms with E-state index in [9.17, 15) is 0 Å². The van der Waals surface area contributed by atoms with E-state index < -0.39 is 0 Å². The zero-order valence-corrected chi connectivity index (χ0v) is 36.3. The molecule has 0 bridgehead atoms. The first-order chi connectivity index (χ1) is 30.7. The molecule has 0 aliphatic carbocycles. The van der Waals surface area contributed by atoms with Gasteiger partial charge in [0.1, 0.15) is 24.0 Å². The highest BCUT2D eigenvalue weighted by atomic mass is 16.5. The molecule has 0 radical (unpaired) electrons. The van der Waals surface area contributed by atoms with Crippen molar-refractivity contribution in [3.63, 3.8) is 0 Å². The number of ether oxygens (including phenoxy) is 1. The molecule has 0 spiro atoms. The molecule has 5 heterocycles. The van der Waals surface area contributed by atoms with Crippen molar-refractivity contribution >= 4 is 57.0 Å². The van der Waals surface area contributed by atoms with Crippen molar-refractivity contribution in [2.75, 3.05) is 16.5 Å². The van der Waals surface area contributed by atoms with Crippen LogP contribution in [0.15, 0.2) is 194 Å². The molecule has 6 aromatic carbocycles. The maximum absolute atomic E-state index is 6.80. The zero-order valence-electron chi connectivity index (χ0n) is 36.3. The zero-order chi connectivity index (χ0) is 42.8. The number of aryl methyl sites for hydroxylation is 2. The Hall–Kier alpha value is -7.51. The molecule has 0 fully saturated rings. The van der Waals surface area contributed by atoms with Gasteiger partial charge in [0.25, 0.3) is 0 Å². The quantitative estimate of drug-likeness (QED) is 0.150. The second kappa shape index (κ2) is 15.1. The number of allylic oxidation sites excluding steroid dienone is 3. The minimum atomic E-state index is -0.00931. The Labute approximate surface area is 370 Å². The Morgan fingerprint density at radius 2 is 1.33 bits per heavy atom. The van der Waals surface area contributed by atoms with Crippen molar-refractivity contribution in [2.24, 2.45) is 0 Å². The van der Waals surface area contributed by atoms with Gasteiger partial charge in [0.05, 0.1) is 33.8 Å². The van der Waals surface area contributed by atoms with Crippen LogP contribution in [0.1, 0.15) is 48.6 Å². The second-order valence-corrected chi connectivity index (χ2v) is 17.9. The first kappa shape index (κ1) is 38.4. The number of pyridine rings is 1. The molecule has 0 saturated heterocycles. The molecule has 0 atom stereocenters. The van der Waals surface area contributed by atoms with E-state index in [1.165, 1.54) is 50.2 Å². The van der Waals surface area contributed by atoms with Crippen LogP contribution in [0.3, 0.4) is 0 Å². The molecule has 3 aliphatic rings. The molecule has 7 heteroatoms. The summed E-state index contributed by atoms with van der Waals surface area (Å²) in [6.07, 6.45) is 8.46. The van der Waals surface area contributed by atoms with Crippen LogP contribution < -0.4 is 14.5 Å². The fourth-order valence-corrected chi connectivity index (χ4v) is 9.64. The molecular weight excluding hydrogens is 769 g/mol. The number of hydrogen-bond acceptors (Lipinski definition) is 5. The number of hydrogen-bond donors (Lipinski definition) is 0. The summed E-state index contributed by atoms with van der Waals surface area (Å²) in [7, 11) is 0. The Kier molecular flexibility index (Phi) is 9.23. The van der Waals surface area contributed by atoms with E-state index in [0.717, 1.165) is 50.8 Å².